The number of phenolic OH excluding ortho intramolecular Hbond substituents is 1. The molecule has 0 amide bonds. The lowest BCUT2D eigenvalue weighted by atomic mass is 9.72. The van der Waals surface area contributed by atoms with E-state index in [2.05, 4.69) is 0 Å². The quantitative estimate of drug-likeness (QED) is 0.804. The zero-order chi connectivity index (χ0) is 20.9. The minimum absolute atomic E-state index is 0.0796. The van der Waals surface area contributed by atoms with Crippen LogP contribution in [0.3, 0.4) is 0 Å². The third-order valence-electron chi connectivity index (χ3n) is 5.37. The number of aromatic hydroxyl groups is 1. The number of ketones is 1. The van der Waals surface area contributed by atoms with E-state index in [1.54, 1.807) is 24.3 Å². The van der Waals surface area contributed by atoms with Gasteiger partial charge in [0.05, 0.1) is 20.1 Å². The zero-order valence-electron chi connectivity index (χ0n) is 16.5. The summed E-state index contributed by atoms with van der Waals surface area (Å²) in [5.74, 6) is -1.91. The van der Waals surface area contributed by atoms with Crippen LogP contribution >= 0.6 is 0 Å². The number of hydrogen-bond donors (Lipinski definition) is 2. The van der Waals surface area contributed by atoms with Crippen LogP contribution in [0.5, 0.6) is 34.5 Å². The number of aliphatic hydroxyl groups is 1. The van der Waals surface area contributed by atoms with E-state index >= 15 is 0 Å². The summed E-state index contributed by atoms with van der Waals surface area (Å²) in [6.07, 6.45) is 0. The van der Waals surface area contributed by atoms with Gasteiger partial charge in [-0.3, -0.25) is 4.79 Å². The molecule has 2 aromatic rings. The number of hydrogen-bond acceptors (Lipinski definition) is 8. The summed E-state index contributed by atoms with van der Waals surface area (Å²) >= 11 is 0. The third kappa shape index (κ3) is 3.00. The number of fused-ring (bicyclic) bond motifs is 2. The lowest BCUT2D eigenvalue weighted by Gasteiger charge is -2.42. The molecule has 3 atom stereocenters. The molecule has 0 aliphatic carbocycles. The van der Waals surface area contributed by atoms with Gasteiger partial charge in [-0.15, -0.1) is 0 Å². The SMILES string of the molecule is COc1cc([C@@H]2c3cc4c(cc3O[C@](C)(O)[C@H]2C(C)=O)OCO4)cc(OC)c1O. The lowest BCUT2D eigenvalue weighted by molar-refractivity contribution is -0.181. The van der Waals surface area contributed by atoms with Crippen LogP contribution in [0.1, 0.15) is 30.9 Å². The largest absolute Gasteiger partial charge is 0.502 e. The van der Waals surface area contributed by atoms with E-state index in [1.165, 1.54) is 28.1 Å². The first-order valence-corrected chi connectivity index (χ1v) is 9.07. The van der Waals surface area contributed by atoms with Crippen molar-refractivity contribution < 1.29 is 38.7 Å². The molecule has 0 saturated heterocycles. The first-order valence-electron chi connectivity index (χ1n) is 9.07. The van der Waals surface area contributed by atoms with Crippen molar-refractivity contribution in [2.75, 3.05) is 21.0 Å². The standard InChI is InChI=1S/C21H22O8/c1-10(22)19-18(11-5-16(25-3)20(23)17(6-11)26-4)12-7-14-15(28-9-27-14)8-13(12)29-21(19,2)24/h5-8,18-19,23-24H,9H2,1-4H3/t18-,19+,21+/m1/s1. The highest BCUT2D eigenvalue weighted by Crippen LogP contribution is 2.53. The maximum absolute atomic E-state index is 12.6. The number of Topliss-reactive ketones (excluding diaryl/α,β-unsaturated/α-hetero) is 1. The second-order valence-electron chi connectivity index (χ2n) is 7.24. The Kier molecular flexibility index (Phi) is 4.46. The Morgan fingerprint density at radius 3 is 2.21 bits per heavy atom. The first kappa shape index (κ1) is 19.2. The average Bonchev–Trinajstić information content (AvgIpc) is 3.12. The van der Waals surface area contributed by atoms with Crippen molar-refractivity contribution >= 4 is 5.78 Å². The lowest BCUT2D eigenvalue weighted by Crippen LogP contribution is -2.50. The predicted molar refractivity (Wildman–Crippen MR) is 101 cm³/mol. The molecule has 2 aliphatic rings. The Bertz CT molecular complexity index is 956. The fourth-order valence-electron chi connectivity index (χ4n) is 4.12. The van der Waals surface area contributed by atoms with Gasteiger partial charge in [0.2, 0.25) is 18.3 Å². The molecule has 0 spiro atoms. The van der Waals surface area contributed by atoms with Gasteiger partial charge in [0.15, 0.2) is 23.0 Å². The molecule has 8 nitrogen and oxygen atoms in total. The molecule has 0 radical (unpaired) electrons. The second kappa shape index (κ2) is 6.73. The second-order valence-corrected chi connectivity index (χ2v) is 7.24. The van der Waals surface area contributed by atoms with Crippen molar-refractivity contribution in [2.45, 2.75) is 25.6 Å². The molecule has 0 bridgehead atoms. The summed E-state index contributed by atoms with van der Waals surface area (Å²) in [5, 5.41) is 21.3. The molecule has 4 rings (SSSR count). The van der Waals surface area contributed by atoms with Crippen LogP contribution in [0, 0.1) is 5.92 Å². The third-order valence-corrected chi connectivity index (χ3v) is 5.37. The molecule has 0 aromatic heterocycles. The summed E-state index contributed by atoms with van der Waals surface area (Å²) in [7, 11) is 2.85. The van der Waals surface area contributed by atoms with Crippen LogP contribution in [0.4, 0.5) is 0 Å². The highest BCUT2D eigenvalue weighted by atomic mass is 16.7. The van der Waals surface area contributed by atoms with Crippen molar-refractivity contribution in [1.29, 1.82) is 0 Å². The number of methoxy groups -OCH3 is 2. The van der Waals surface area contributed by atoms with Gasteiger partial charge in [-0.2, -0.15) is 0 Å². The van der Waals surface area contributed by atoms with Gasteiger partial charge in [-0.1, -0.05) is 0 Å². The molecular formula is C21H22O8. The summed E-state index contributed by atoms with van der Waals surface area (Å²) in [6.45, 7) is 2.94. The molecule has 2 aliphatic heterocycles. The van der Waals surface area contributed by atoms with E-state index in [-0.39, 0.29) is 29.8 Å². The highest BCUT2D eigenvalue weighted by Gasteiger charge is 2.50. The van der Waals surface area contributed by atoms with E-state index in [1.807, 2.05) is 0 Å². The molecular weight excluding hydrogens is 380 g/mol. The first-order chi connectivity index (χ1) is 13.8. The minimum atomic E-state index is -1.77. The van der Waals surface area contributed by atoms with Crippen LogP contribution in [-0.4, -0.2) is 42.8 Å². The molecule has 0 unspecified atom stereocenters. The number of rotatable bonds is 4. The summed E-state index contributed by atoms with van der Waals surface area (Å²) in [6, 6.07) is 6.63. The Labute approximate surface area is 167 Å². The normalized spacial score (nSPS) is 24.4. The molecule has 2 N–H and O–H groups in total. The predicted octanol–water partition coefficient (Wildman–Crippen LogP) is 2.58. The Morgan fingerprint density at radius 2 is 1.66 bits per heavy atom. The summed E-state index contributed by atoms with van der Waals surface area (Å²) < 4.78 is 27.2. The average molecular weight is 402 g/mol. The highest BCUT2D eigenvalue weighted by molar-refractivity contribution is 5.82. The van der Waals surface area contributed by atoms with Gasteiger partial charge < -0.3 is 33.9 Å². The van der Waals surface area contributed by atoms with E-state index < -0.39 is 17.6 Å². The van der Waals surface area contributed by atoms with E-state index in [0.717, 1.165) is 0 Å². The molecule has 8 heteroatoms. The zero-order valence-corrected chi connectivity index (χ0v) is 16.5. The number of ether oxygens (including phenoxy) is 5. The van der Waals surface area contributed by atoms with Crippen LogP contribution in [0.15, 0.2) is 24.3 Å². The Hall–Kier alpha value is -3.13. The molecule has 2 aromatic carbocycles. The van der Waals surface area contributed by atoms with E-state index in [9.17, 15) is 15.0 Å². The van der Waals surface area contributed by atoms with Crippen molar-refractivity contribution in [3.05, 3.63) is 35.4 Å². The van der Waals surface area contributed by atoms with Gasteiger partial charge >= 0.3 is 0 Å². The smallest absolute Gasteiger partial charge is 0.231 e. The van der Waals surface area contributed by atoms with Crippen molar-refractivity contribution in [1.82, 2.24) is 0 Å². The van der Waals surface area contributed by atoms with E-state index in [4.69, 9.17) is 23.7 Å². The number of carbonyl (C=O) groups is 1. The maximum atomic E-state index is 12.6. The van der Waals surface area contributed by atoms with Gasteiger partial charge in [0.1, 0.15) is 11.5 Å². The fourth-order valence-corrected chi connectivity index (χ4v) is 4.12. The van der Waals surface area contributed by atoms with Crippen molar-refractivity contribution in [3.8, 4) is 34.5 Å². The number of phenols is 1. The van der Waals surface area contributed by atoms with Gasteiger partial charge in [-0.05, 0) is 30.7 Å². The Balaban J connectivity index is 1.98. The topological polar surface area (TPSA) is 104 Å². The molecule has 0 saturated carbocycles. The number of benzene rings is 2. The van der Waals surface area contributed by atoms with Gasteiger partial charge in [0.25, 0.3) is 0 Å². The Morgan fingerprint density at radius 1 is 1.07 bits per heavy atom. The monoisotopic (exact) mass is 402 g/mol. The molecule has 0 fully saturated rings. The molecule has 2 heterocycles. The molecule has 154 valence electrons. The van der Waals surface area contributed by atoms with Crippen molar-refractivity contribution in [3.63, 3.8) is 0 Å². The van der Waals surface area contributed by atoms with E-state index in [0.29, 0.717) is 28.4 Å². The number of carbonyl (C=O) groups excluding carboxylic acids is 1. The van der Waals surface area contributed by atoms with Gasteiger partial charge in [0, 0.05) is 24.5 Å². The van der Waals surface area contributed by atoms with Gasteiger partial charge in [-0.25, -0.2) is 0 Å². The summed E-state index contributed by atoms with van der Waals surface area (Å²) in [4.78, 5) is 12.6. The van der Waals surface area contributed by atoms with Crippen molar-refractivity contribution in [2.24, 2.45) is 5.92 Å². The minimum Gasteiger partial charge on any atom is -0.502 e. The van der Waals surface area contributed by atoms with Crippen LogP contribution in [-0.2, 0) is 4.79 Å². The summed E-state index contributed by atoms with van der Waals surface area (Å²) in [5.41, 5.74) is 1.26. The fraction of sp³-hybridized carbons (Fsp3) is 0.381. The van der Waals surface area contributed by atoms with Crippen LogP contribution in [0.2, 0.25) is 0 Å². The van der Waals surface area contributed by atoms with Crippen LogP contribution < -0.4 is 23.7 Å². The van der Waals surface area contributed by atoms with Crippen LogP contribution in [0.25, 0.3) is 0 Å². The molecule has 29 heavy (non-hydrogen) atoms. The maximum Gasteiger partial charge on any atom is 0.231 e.